The van der Waals surface area contributed by atoms with E-state index in [9.17, 15) is 13.5 Å². The van der Waals surface area contributed by atoms with Crippen molar-refractivity contribution in [2.75, 3.05) is 26.7 Å². The van der Waals surface area contributed by atoms with Crippen LogP contribution in [-0.2, 0) is 16.6 Å². The van der Waals surface area contributed by atoms with Crippen molar-refractivity contribution in [3.8, 4) is 17.6 Å². The number of benzene rings is 1. The maximum atomic E-state index is 13.6. The highest BCUT2D eigenvalue weighted by Crippen LogP contribution is 2.34. The van der Waals surface area contributed by atoms with Crippen molar-refractivity contribution in [2.45, 2.75) is 51.3 Å². The zero-order valence-electron chi connectivity index (χ0n) is 20.6. The van der Waals surface area contributed by atoms with Crippen LogP contribution in [0.3, 0.4) is 0 Å². The van der Waals surface area contributed by atoms with Crippen molar-refractivity contribution in [3.63, 3.8) is 0 Å². The molecule has 1 aliphatic rings. The molecule has 1 N–H and O–H groups in total. The summed E-state index contributed by atoms with van der Waals surface area (Å²) in [5.41, 5.74) is 1.85. The molecule has 7 nitrogen and oxygen atoms in total. The third-order valence-corrected chi connectivity index (χ3v) is 7.89. The van der Waals surface area contributed by atoms with Crippen LogP contribution in [0.4, 0.5) is 0 Å². The standard InChI is InChI=1S/C26H35N3O4S/c1-19(2)6-7-22-8-9-26-24(14-22)33-25(17-28(5)16-23-10-12-27-13-11-23)20(3)15-29(21(4)18-30)34(26,31)32/h8-14,19-21,25,30H,15-18H2,1-5H3/t20-,21-,25+/m1/s1. The number of pyridine rings is 1. The summed E-state index contributed by atoms with van der Waals surface area (Å²) in [7, 11) is -1.84. The average molecular weight is 486 g/mol. The molecule has 0 fully saturated rings. The predicted molar refractivity (Wildman–Crippen MR) is 133 cm³/mol. The number of aliphatic hydroxyl groups is 1. The molecule has 0 aliphatic carbocycles. The van der Waals surface area contributed by atoms with E-state index in [0.29, 0.717) is 17.9 Å². The highest BCUT2D eigenvalue weighted by molar-refractivity contribution is 7.89. The summed E-state index contributed by atoms with van der Waals surface area (Å²) in [6.45, 7) is 9.05. The lowest BCUT2D eigenvalue weighted by Crippen LogP contribution is -2.49. The molecule has 0 spiro atoms. The molecule has 184 valence electrons. The monoisotopic (exact) mass is 485 g/mol. The van der Waals surface area contributed by atoms with Crippen LogP contribution in [0.1, 0.15) is 38.8 Å². The number of hydrogen-bond acceptors (Lipinski definition) is 6. The molecular formula is C26H35N3O4S. The van der Waals surface area contributed by atoms with Crippen molar-refractivity contribution in [3.05, 3.63) is 53.9 Å². The molecule has 1 aromatic heterocycles. The second-order valence-corrected chi connectivity index (χ2v) is 11.2. The fourth-order valence-electron chi connectivity index (χ4n) is 3.92. The molecule has 34 heavy (non-hydrogen) atoms. The number of aliphatic hydroxyl groups excluding tert-OH is 1. The molecule has 0 saturated heterocycles. The van der Waals surface area contributed by atoms with E-state index in [1.165, 1.54) is 4.31 Å². The minimum Gasteiger partial charge on any atom is -0.487 e. The first-order chi connectivity index (χ1) is 16.1. The average Bonchev–Trinajstić information content (AvgIpc) is 2.80. The van der Waals surface area contributed by atoms with Crippen LogP contribution >= 0.6 is 0 Å². The van der Waals surface area contributed by atoms with Gasteiger partial charge in [0.05, 0.1) is 6.61 Å². The largest absolute Gasteiger partial charge is 0.487 e. The first-order valence-electron chi connectivity index (χ1n) is 11.6. The van der Waals surface area contributed by atoms with Crippen molar-refractivity contribution < 1.29 is 18.3 Å². The Morgan fingerprint density at radius 3 is 2.59 bits per heavy atom. The molecule has 2 heterocycles. The predicted octanol–water partition coefficient (Wildman–Crippen LogP) is 2.99. The van der Waals surface area contributed by atoms with E-state index in [-0.39, 0.29) is 36.0 Å². The molecule has 1 aliphatic heterocycles. The highest BCUT2D eigenvalue weighted by Gasteiger charge is 2.38. The van der Waals surface area contributed by atoms with Crippen LogP contribution in [0.2, 0.25) is 0 Å². The molecule has 0 bridgehead atoms. The third kappa shape index (κ3) is 6.36. The third-order valence-electron chi connectivity index (χ3n) is 5.87. The number of likely N-dealkylation sites (N-methyl/N-ethyl adjacent to an activating group) is 1. The van der Waals surface area contributed by atoms with Crippen LogP contribution < -0.4 is 4.74 Å². The highest BCUT2D eigenvalue weighted by atomic mass is 32.2. The van der Waals surface area contributed by atoms with Gasteiger partial charge in [0.1, 0.15) is 16.7 Å². The number of nitrogens with zero attached hydrogens (tertiary/aromatic N) is 3. The van der Waals surface area contributed by atoms with E-state index in [1.807, 2.05) is 40.0 Å². The lowest BCUT2D eigenvalue weighted by molar-refractivity contribution is 0.0733. The van der Waals surface area contributed by atoms with Crippen LogP contribution in [0.15, 0.2) is 47.6 Å². The number of ether oxygens (including phenoxy) is 1. The number of hydrogen-bond donors (Lipinski definition) is 1. The SMILES string of the molecule is CC(C)C#Cc1ccc2c(c1)O[C@@H](CN(C)Cc1ccncc1)[C@H](C)CN([C@H](C)CO)S2(=O)=O. The smallest absolute Gasteiger partial charge is 0.247 e. The lowest BCUT2D eigenvalue weighted by atomic mass is 10.0. The molecule has 0 amide bonds. The fraction of sp³-hybridized carbons (Fsp3) is 0.500. The van der Waals surface area contributed by atoms with Crippen LogP contribution in [0.25, 0.3) is 0 Å². The van der Waals surface area contributed by atoms with E-state index in [0.717, 1.165) is 12.1 Å². The second kappa shape index (κ2) is 11.3. The zero-order chi connectivity index (χ0) is 24.9. The minimum atomic E-state index is -3.86. The Bertz CT molecular complexity index is 1130. The Hall–Kier alpha value is -2.44. The van der Waals surface area contributed by atoms with Gasteiger partial charge in [0.25, 0.3) is 0 Å². The summed E-state index contributed by atoms with van der Waals surface area (Å²) in [5.74, 6) is 6.62. The van der Waals surface area contributed by atoms with E-state index in [4.69, 9.17) is 4.74 Å². The molecule has 2 aromatic rings. The van der Waals surface area contributed by atoms with E-state index < -0.39 is 16.1 Å². The van der Waals surface area contributed by atoms with Gasteiger partial charge in [0.2, 0.25) is 10.0 Å². The van der Waals surface area contributed by atoms with E-state index in [2.05, 4.69) is 21.7 Å². The van der Waals surface area contributed by atoms with Gasteiger partial charge in [-0.3, -0.25) is 9.88 Å². The molecular weight excluding hydrogens is 450 g/mol. The second-order valence-electron chi connectivity index (χ2n) is 9.38. The van der Waals surface area contributed by atoms with Crippen molar-refractivity contribution >= 4 is 10.0 Å². The first kappa shape index (κ1) is 26.2. The van der Waals surface area contributed by atoms with Gasteiger partial charge in [-0.25, -0.2) is 8.42 Å². The van der Waals surface area contributed by atoms with Gasteiger partial charge in [-0.15, -0.1) is 0 Å². The maximum Gasteiger partial charge on any atom is 0.247 e. The quantitative estimate of drug-likeness (QED) is 0.634. The van der Waals surface area contributed by atoms with Crippen LogP contribution in [0.5, 0.6) is 5.75 Å². The number of aromatic nitrogens is 1. The lowest BCUT2D eigenvalue weighted by Gasteiger charge is -2.37. The van der Waals surface area contributed by atoms with Gasteiger partial charge >= 0.3 is 0 Å². The van der Waals surface area contributed by atoms with Crippen LogP contribution in [-0.4, -0.2) is 66.6 Å². The maximum absolute atomic E-state index is 13.6. The number of fused-ring (bicyclic) bond motifs is 1. The Morgan fingerprint density at radius 2 is 1.94 bits per heavy atom. The van der Waals surface area contributed by atoms with Crippen LogP contribution in [0, 0.1) is 23.7 Å². The molecule has 1 aromatic carbocycles. The van der Waals surface area contributed by atoms with E-state index >= 15 is 0 Å². The molecule has 0 radical (unpaired) electrons. The Balaban J connectivity index is 1.99. The Morgan fingerprint density at radius 1 is 1.24 bits per heavy atom. The van der Waals surface area contributed by atoms with Gasteiger partial charge in [0, 0.05) is 55.5 Å². The van der Waals surface area contributed by atoms with Crippen molar-refractivity contribution in [1.82, 2.24) is 14.2 Å². The molecule has 3 rings (SSSR count). The summed E-state index contributed by atoms with van der Waals surface area (Å²) in [6, 6.07) is 8.41. The van der Waals surface area contributed by atoms with Gasteiger partial charge in [-0.1, -0.05) is 32.6 Å². The fourth-order valence-corrected chi connectivity index (χ4v) is 5.75. The summed E-state index contributed by atoms with van der Waals surface area (Å²) in [6.07, 6.45) is 3.28. The summed E-state index contributed by atoms with van der Waals surface area (Å²) in [5, 5.41) is 9.79. The van der Waals surface area contributed by atoms with Gasteiger partial charge in [-0.05, 0) is 49.9 Å². The topological polar surface area (TPSA) is 83.0 Å². The molecule has 3 atom stereocenters. The Labute approximate surface area is 203 Å². The van der Waals surface area contributed by atoms with Gasteiger partial charge < -0.3 is 9.84 Å². The summed E-state index contributed by atoms with van der Waals surface area (Å²) in [4.78, 5) is 6.34. The van der Waals surface area contributed by atoms with Gasteiger partial charge in [-0.2, -0.15) is 4.31 Å². The summed E-state index contributed by atoms with van der Waals surface area (Å²) < 4.78 is 34.9. The van der Waals surface area contributed by atoms with E-state index in [1.54, 1.807) is 37.5 Å². The Kier molecular flexibility index (Phi) is 8.72. The first-order valence-corrected chi connectivity index (χ1v) is 13.1. The molecule has 0 unspecified atom stereocenters. The molecule has 0 saturated carbocycles. The van der Waals surface area contributed by atoms with Crippen molar-refractivity contribution in [2.24, 2.45) is 11.8 Å². The number of rotatable bonds is 6. The van der Waals surface area contributed by atoms with Gasteiger partial charge in [0.15, 0.2) is 0 Å². The molecule has 8 heteroatoms. The summed E-state index contributed by atoms with van der Waals surface area (Å²) >= 11 is 0. The zero-order valence-corrected chi connectivity index (χ0v) is 21.4. The normalized spacial score (nSPS) is 21.1. The van der Waals surface area contributed by atoms with Crippen molar-refractivity contribution in [1.29, 1.82) is 0 Å². The number of sulfonamides is 1. The minimum absolute atomic E-state index is 0.108.